The summed E-state index contributed by atoms with van der Waals surface area (Å²) in [5.41, 5.74) is 10.6. The summed E-state index contributed by atoms with van der Waals surface area (Å²) in [6.45, 7) is 0. The molecule has 0 saturated carbocycles. The van der Waals surface area contributed by atoms with Gasteiger partial charge in [-0.3, -0.25) is 0 Å². The third-order valence-corrected chi connectivity index (χ3v) is 10.4. The molecule has 0 saturated heterocycles. The van der Waals surface area contributed by atoms with E-state index in [2.05, 4.69) is 193 Å². The molecule has 0 radical (unpaired) electrons. The second-order valence-corrected chi connectivity index (χ2v) is 13.2. The Labute approximate surface area is 284 Å². The minimum Gasteiger partial charge on any atom is -0.310 e. The lowest BCUT2D eigenvalue weighted by Crippen LogP contribution is -2.11. The van der Waals surface area contributed by atoms with Gasteiger partial charge in [-0.25, -0.2) is 0 Å². The van der Waals surface area contributed by atoms with Crippen LogP contribution in [0.1, 0.15) is 0 Å². The highest BCUT2D eigenvalue weighted by Gasteiger charge is 2.19. The molecule has 48 heavy (non-hydrogen) atoms. The van der Waals surface area contributed by atoms with Crippen molar-refractivity contribution in [1.29, 1.82) is 0 Å². The molecular formula is C46H31NS. The van der Waals surface area contributed by atoms with Crippen LogP contribution in [0, 0.1) is 0 Å². The molecule has 0 unspecified atom stereocenters. The average molecular weight is 630 g/mol. The second kappa shape index (κ2) is 12.0. The molecule has 2 heteroatoms. The number of rotatable bonds is 6. The van der Waals surface area contributed by atoms with Gasteiger partial charge in [-0.15, -0.1) is 11.3 Å². The highest BCUT2D eigenvalue weighted by molar-refractivity contribution is 7.25. The monoisotopic (exact) mass is 629 g/mol. The van der Waals surface area contributed by atoms with Gasteiger partial charge < -0.3 is 4.90 Å². The van der Waals surface area contributed by atoms with Gasteiger partial charge in [0.1, 0.15) is 0 Å². The van der Waals surface area contributed by atoms with Crippen LogP contribution in [0.3, 0.4) is 0 Å². The van der Waals surface area contributed by atoms with Gasteiger partial charge in [0.05, 0.1) is 5.69 Å². The smallest absolute Gasteiger partial charge is 0.0540 e. The molecule has 226 valence electrons. The molecule has 0 aliphatic carbocycles. The summed E-state index contributed by atoms with van der Waals surface area (Å²) in [5.74, 6) is 0. The molecule has 0 spiro atoms. The van der Waals surface area contributed by atoms with Crippen LogP contribution in [0.15, 0.2) is 188 Å². The van der Waals surface area contributed by atoms with Gasteiger partial charge >= 0.3 is 0 Å². The van der Waals surface area contributed by atoms with E-state index in [1.54, 1.807) is 0 Å². The quantitative estimate of drug-likeness (QED) is 0.177. The summed E-state index contributed by atoms with van der Waals surface area (Å²) >= 11 is 1.86. The maximum Gasteiger partial charge on any atom is 0.0540 e. The van der Waals surface area contributed by atoms with Crippen molar-refractivity contribution < 1.29 is 0 Å². The number of thiophene rings is 1. The maximum atomic E-state index is 2.41. The van der Waals surface area contributed by atoms with Crippen molar-refractivity contribution in [2.45, 2.75) is 0 Å². The van der Waals surface area contributed by atoms with Gasteiger partial charge in [0.15, 0.2) is 0 Å². The number of nitrogens with zero attached hydrogens (tertiary/aromatic N) is 1. The van der Waals surface area contributed by atoms with Crippen molar-refractivity contribution in [3.05, 3.63) is 188 Å². The molecule has 0 N–H and O–H groups in total. The van der Waals surface area contributed by atoms with Crippen LogP contribution < -0.4 is 4.90 Å². The number of fused-ring (bicyclic) bond motifs is 4. The van der Waals surface area contributed by atoms with E-state index < -0.39 is 0 Å². The molecule has 9 rings (SSSR count). The number of hydrogen-bond acceptors (Lipinski definition) is 2. The van der Waals surface area contributed by atoms with E-state index in [9.17, 15) is 0 Å². The lowest BCUT2D eigenvalue weighted by Gasteiger charge is -2.29. The van der Waals surface area contributed by atoms with E-state index in [0.717, 1.165) is 17.1 Å². The highest BCUT2D eigenvalue weighted by Crippen LogP contribution is 2.44. The molecule has 0 amide bonds. The van der Waals surface area contributed by atoms with E-state index in [1.807, 2.05) is 11.3 Å². The van der Waals surface area contributed by atoms with Crippen molar-refractivity contribution in [2.75, 3.05) is 4.90 Å². The number of hydrogen-bond donors (Lipinski definition) is 0. The summed E-state index contributed by atoms with van der Waals surface area (Å²) < 4.78 is 2.64. The van der Waals surface area contributed by atoms with Crippen molar-refractivity contribution in [1.82, 2.24) is 0 Å². The number of anilines is 3. The van der Waals surface area contributed by atoms with E-state index >= 15 is 0 Å². The van der Waals surface area contributed by atoms with Gasteiger partial charge in [-0.05, 0) is 81.1 Å². The second-order valence-electron chi connectivity index (χ2n) is 12.2. The number of para-hydroxylation sites is 1. The van der Waals surface area contributed by atoms with Crippen LogP contribution in [-0.4, -0.2) is 0 Å². The summed E-state index contributed by atoms with van der Waals surface area (Å²) in [7, 11) is 0. The maximum absolute atomic E-state index is 2.41. The molecule has 0 fully saturated rings. The van der Waals surface area contributed by atoms with Gasteiger partial charge in [0, 0.05) is 37.1 Å². The molecule has 1 aromatic heterocycles. The van der Waals surface area contributed by atoms with Crippen molar-refractivity contribution in [3.8, 4) is 33.4 Å². The normalized spacial score (nSPS) is 11.3. The van der Waals surface area contributed by atoms with Gasteiger partial charge in [0.25, 0.3) is 0 Å². The Hall–Kier alpha value is -5.96. The zero-order valence-corrected chi connectivity index (χ0v) is 27.1. The molecule has 1 nitrogen and oxygen atoms in total. The predicted octanol–water partition coefficient (Wildman–Crippen LogP) is 13.7. The standard InChI is InChI=1S/C46H31NS/c1-2-12-32(13-3-1)33-24-27-37(28-25-33)47(44-22-8-6-19-41(44)40-21-11-15-34-14-4-5-18-39(34)40)38-17-10-16-35(30-38)36-26-29-43-42-20-7-9-23-45(42)48-46(43)31-36/h1-31H. The van der Waals surface area contributed by atoms with Gasteiger partial charge in [-0.1, -0.05) is 146 Å². The van der Waals surface area contributed by atoms with Crippen LogP contribution >= 0.6 is 11.3 Å². The summed E-state index contributed by atoms with van der Waals surface area (Å²) in [6, 6.07) is 68.2. The molecule has 0 aliphatic rings. The Kier molecular flexibility index (Phi) is 7.07. The molecule has 9 aromatic rings. The first-order chi connectivity index (χ1) is 23.8. The average Bonchev–Trinajstić information content (AvgIpc) is 3.54. The Morgan fingerprint density at radius 2 is 0.938 bits per heavy atom. The van der Waals surface area contributed by atoms with Crippen LogP contribution in [0.25, 0.3) is 64.3 Å². The summed E-state index contributed by atoms with van der Waals surface area (Å²) in [5, 5.41) is 5.13. The zero-order chi connectivity index (χ0) is 31.9. The summed E-state index contributed by atoms with van der Waals surface area (Å²) in [4.78, 5) is 2.41. The Morgan fingerprint density at radius 3 is 1.83 bits per heavy atom. The van der Waals surface area contributed by atoms with E-state index in [-0.39, 0.29) is 0 Å². The van der Waals surface area contributed by atoms with Crippen LogP contribution in [-0.2, 0) is 0 Å². The Balaban J connectivity index is 1.21. The largest absolute Gasteiger partial charge is 0.310 e. The Bertz CT molecular complexity index is 2560. The predicted molar refractivity (Wildman–Crippen MR) is 208 cm³/mol. The molecule has 1 heterocycles. The summed E-state index contributed by atoms with van der Waals surface area (Å²) in [6.07, 6.45) is 0. The third kappa shape index (κ3) is 5.04. The molecule has 0 bridgehead atoms. The minimum absolute atomic E-state index is 1.11. The third-order valence-electron chi connectivity index (χ3n) is 9.27. The molecule has 0 aliphatic heterocycles. The highest BCUT2D eigenvalue weighted by atomic mass is 32.1. The fourth-order valence-electron chi connectivity index (χ4n) is 6.95. The van der Waals surface area contributed by atoms with Crippen LogP contribution in [0.5, 0.6) is 0 Å². The zero-order valence-electron chi connectivity index (χ0n) is 26.3. The lowest BCUT2D eigenvalue weighted by molar-refractivity contribution is 1.28. The van der Waals surface area contributed by atoms with E-state index in [1.165, 1.54) is 64.3 Å². The number of benzene rings is 8. The molecule has 0 atom stereocenters. The van der Waals surface area contributed by atoms with Gasteiger partial charge in [0.2, 0.25) is 0 Å². The fourth-order valence-corrected chi connectivity index (χ4v) is 8.09. The van der Waals surface area contributed by atoms with Crippen molar-refractivity contribution >= 4 is 59.3 Å². The first-order valence-corrected chi connectivity index (χ1v) is 17.2. The first kappa shape index (κ1) is 28.3. The van der Waals surface area contributed by atoms with Crippen LogP contribution in [0.2, 0.25) is 0 Å². The van der Waals surface area contributed by atoms with E-state index in [4.69, 9.17) is 0 Å². The van der Waals surface area contributed by atoms with Crippen molar-refractivity contribution in [2.24, 2.45) is 0 Å². The van der Waals surface area contributed by atoms with Crippen LogP contribution in [0.4, 0.5) is 17.1 Å². The van der Waals surface area contributed by atoms with Crippen molar-refractivity contribution in [3.63, 3.8) is 0 Å². The molecule has 8 aromatic carbocycles. The van der Waals surface area contributed by atoms with E-state index in [0.29, 0.717) is 0 Å². The first-order valence-electron chi connectivity index (χ1n) is 16.3. The lowest BCUT2D eigenvalue weighted by atomic mass is 9.95. The Morgan fingerprint density at radius 1 is 0.333 bits per heavy atom. The minimum atomic E-state index is 1.11. The molecular weight excluding hydrogens is 599 g/mol. The fraction of sp³-hybridized carbons (Fsp3) is 0. The SMILES string of the molecule is c1ccc(-c2ccc(N(c3cccc(-c4ccc5c(c4)sc4ccccc45)c3)c3ccccc3-c3cccc4ccccc34)cc2)cc1. The van der Waals surface area contributed by atoms with Gasteiger partial charge in [-0.2, -0.15) is 0 Å². The topological polar surface area (TPSA) is 3.24 Å².